The molecule has 1 aromatic heterocycles. The number of rotatable bonds is 5. The van der Waals surface area contributed by atoms with Gasteiger partial charge in [0.1, 0.15) is 11.6 Å². The summed E-state index contributed by atoms with van der Waals surface area (Å²) in [6, 6.07) is 6.00. The number of hydrogen-bond donors (Lipinski definition) is 0. The van der Waals surface area contributed by atoms with E-state index >= 15 is 0 Å². The number of nitrogens with zero attached hydrogens (tertiary/aromatic N) is 3. The van der Waals surface area contributed by atoms with Crippen molar-refractivity contribution >= 4 is 22.6 Å². The van der Waals surface area contributed by atoms with Crippen LogP contribution in [0.2, 0.25) is 0 Å². The normalized spacial score (nSPS) is 17.5. The van der Waals surface area contributed by atoms with Crippen molar-refractivity contribution in [1.82, 2.24) is 14.5 Å². The molecule has 2 aromatic rings. The molecule has 3 rings (SSSR count). The number of halogens is 1. The van der Waals surface area contributed by atoms with E-state index in [1.165, 1.54) is 25.9 Å². The Balaban J connectivity index is 1.93. The molecule has 0 radical (unpaired) electrons. The summed E-state index contributed by atoms with van der Waals surface area (Å²) < 4.78 is 7.58. The van der Waals surface area contributed by atoms with E-state index in [0.29, 0.717) is 0 Å². The minimum atomic E-state index is -0.0954. The van der Waals surface area contributed by atoms with Gasteiger partial charge in [-0.05, 0) is 45.0 Å². The van der Waals surface area contributed by atoms with E-state index < -0.39 is 0 Å². The van der Waals surface area contributed by atoms with E-state index in [2.05, 4.69) is 20.5 Å². The van der Waals surface area contributed by atoms with Crippen LogP contribution in [0.4, 0.5) is 0 Å². The number of methoxy groups -OCH3 is 1. The van der Waals surface area contributed by atoms with Gasteiger partial charge < -0.3 is 14.2 Å². The summed E-state index contributed by atoms with van der Waals surface area (Å²) >= 11 is 6.32. The van der Waals surface area contributed by atoms with E-state index in [9.17, 15) is 0 Å². The molecule has 0 aliphatic carbocycles. The second kappa shape index (κ2) is 6.24. The van der Waals surface area contributed by atoms with Gasteiger partial charge >= 0.3 is 0 Å². The minimum absolute atomic E-state index is 0.0954. The van der Waals surface area contributed by atoms with Crippen LogP contribution in [-0.4, -0.2) is 41.2 Å². The van der Waals surface area contributed by atoms with Crippen LogP contribution in [0.1, 0.15) is 31.0 Å². The van der Waals surface area contributed by atoms with E-state index in [1.807, 2.05) is 19.1 Å². The molecule has 0 saturated carbocycles. The number of likely N-dealkylation sites (tertiary alicyclic amines) is 1. The second-order valence-corrected chi connectivity index (χ2v) is 6.30. The molecule has 1 saturated heterocycles. The van der Waals surface area contributed by atoms with Crippen LogP contribution in [0.15, 0.2) is 18.2 Å². The van der Waals surface area contributed by atoms with Gasteiger partial charge in [0.2, 0.25) is 0 Å². The van der Waals surface area contributed by atoms with Gasteiger partial charge in [-0.25, -0.2) is 4.98 Å². The topological polar surface area (TPSA) is 30.3 Å². The first-order valence-electron chi connectivity index (χ1n) is 7.59. The zero-order chi connectivity index (χ0) is 14.8. The van der Waals surface area contributed by atoms with Gasteiger partial charge in [-0.1, -0.05) is 0 Å². The molecule has 1 aliphatic heterocycles. The van der Waals surface area contributed by atoms with Crippen molar-refractivity contribution in [3.63, 3.8) is 0 Å². The van der Waals surface area contributed by atoms with Crippen LogP contribution in [0.5, 0.6) is 5.75 Å². The summed E-state index contributed by atoms with van der Waals surface area (Å²) in [5.41, 5.74) is 2.09. The number of benzene rings is 1. The standard InChI is InChI=1S/C16H22ClN3O/c1-12(17)16-18-14-6-5-13(21-2)11-15(14)20(16)10-9-19-7-3-4-8-19/h5-6,11-12H,3-4,7-10H2,1-2H3. The number of imidazole rings is 1. The van der Waals surface area contributed by atoms with Crippen LogP contribution in [0.3, 0.4) is 0 Å². The molecule has 0 N–H and O–H groups in total. The van der Waals surface area contributed by atoms with Crippen molar-refractivity contribution < 1.29 is 4.74 Å². The molecule has 0 spiro atoms. The van der Waals surface area contributed by atoms with Gasteiger partial charge in [-0.15, -0.1) is 11.6 Å². The third kappa shape index (κ3) is 3.01. The average molecular weight is 308 g/mol. The lowest BCUT2D eigenvalue weighted by molar-refractivity contribution is 0.322. The maximum Gasteiger partial charge on any atom is 0.127 e. The van der Waals surface area contributed by atoms with Gasteiger partial charge in [-0.3, -0.25) is 0 Å². The molecule has 0 bridgehead atoms. The lowest BCUT2D eigenvalue weighted by Gasteiger charge is -2.17. The first kappa shape index (κ1) is 14.7. The van der Waals surface area contributed by atoms with Gasteiger partial charge in [-0.2, -0.15) is 0 Å². The molecule has 21 heavy (non-hydrogen) atoms. The highest BCUT2D eigenvalue weighted by molar-refractivity contribution is 6.20. The first-order chi connectivity index (χ1) is 10.2. The predicted octanol–water partition coefficient (Wildman–Crippen LogP) is 3.44. The Morgan fingerprint density at radius 1 is 1.29 bits per heavy atom. The molecule has 1 unspecified atom stereocenters. The van der Waals surface area contributed by atoms with E-state index in [-0.39, 0.29) is 5.38 Å². The van der Waals surface area contributed by atoms with Crippen LogP contribution >= 0.6 is 11.6 Å². The number of alkyl halides is 1. The van der Waals surface area contributed by atoms with Crippen molar-refractivity contribution in [2.24, 2.45) is 0 Å². The maximum absolute atomic E-state index is 6.32. The second-order valence-electron chi connectivity index (χ2n) is 5.64. The molecule has 114 valence electrons. The van der Waals surface area contributed by atoms with E-state index in [0.717, 1.165) is 35.7 Å². The smallest absolute Gasteiger partial charge is 0.127 e. The SMILES string of the molecule is COc1ccc2nc(C(C)Cl)n(CCN3CCCC3)c2c1. The van der Waals surface area contributed by atoms with E-state index in [4.69, 9.17) is 16.3 Å². The Kier molecular flexibility index (Phi) is 4.36. The molecule has 0 amide bonds. The summed E-state index contributed by atoms with van der Waals surface area (Å²) in [5.74, 6) is 1.80. The van der Waals surface area contributed by atoms with Gasteiger partial charge in [0.15, 0.2) is 0 Å². The Morgan fingerprint density at radius 3 is 2.71 bits per heavy atom. The summed E-state index contributed by atoms with van der Waals surface area (Å²) in [6.07, 6.45) is 2.63. The minimum Gasteiger partial charge on any atom is -0.497 e. The van der Waals surface area contributed by atoms with Gasteiger partial charge in [0, 0.05) is 19.2 Å². The average Bonchev–Trinajstić information content (AvgIpc) is 3.11. The predicted molar refractivity (Wildman–Crippen MR) is 86.2 cm³/mol. The fraction of sp³-hybridized carbons (Fsp3) is 0.562. The molecule has 2 heterocycles. The van der Waals surface area contributed by atoms with Crippen LogP contribution in [0, 0.1) is 0 Å². The highest BCUT2D eigenvalue weighted by Crippen LogP contribution is 2.27. The fourth-order valence-electron chi connectivity index (χ4n) is 3.03. The van der Waals surface area contributed by atoms with Crippen LogP contribution in [0.25, 0.3) is 11.0 Å². The number of aromatic nitrogens is 2. The third-order valence-electron chi connectivity index (χ3n) is 4.18. The fourth-order valence-corrected chi connectivity index (χ4v) is 3.20. The van der Waals surface area contributed by atoms with Gasteiger partial charge in [0.05, 0.1) is 23.5 Å². The Labute approximate surface area is 130 Å². The first-order valence-corrected chi connectivity index (χ1v) is 8.03. The van der Waals surface area contributed by atoms with Crippen molar-refractivity contribution in [2.75, 3.05) is 26.7 Å². The number of ether oxygens (including phenoxy) is 1. The highest BCUT2D eigenvalue weighted by atomic mass is 35.5. The van der Waals surface area contributed by atoms with Crippen LogP contribution < -0.4 is 4.74 Å². The molecule has 5 heteroatoms. The molecule has 1 aliphatic rings. The maximum atomic E-state index is 6.32. The zero-order valence-electron chi connectivity index (χ0n) is 12.7. The number of fused-ring (bicyclic) bond motifs is 1. The monoisotopic (exact) mass is 307 g/mol. The van der Waals surface area contributed by atoms with Crippen molar-refractivity contribution in [3.05, 3.63) is 24.0 Å². The lowest BCUT2D eigenvalue weighted by atomic mass is 10.3. The summed E-state index contributed by atoms with van der Waals surface area (Å²) in [5, 5.41) is -0.0954. The lowest BCUT2D eigenvalue weighted by Crippen LogP contribution is -2.24. The van der Waals surface area contributed by atoms with Crippen molar-refractivity contribution in [1.29, 1.82) is 0 Å². The molecular formula is C16H22ClN3O. The zero-order valence-corrected chi connectivity index (χ0v) is 13.4. The molecule has 1 fully saturated rings. The third-order valence-corrected chi connectivity index (χ3v) is 4.37. The Morgan fingerprint density at radius 2 is 2.05 bits per heavy atom. The summed E-state index contributed by atoms with van der Waals surface area (Å²) in [4.78, 5) is 7.20. The molecule has 1 aromatic carbocycles. The number of hydrogen-bond acceptors (Lipinski definition) is 3. The summed E-state index contributed by atoms with van der Waals surface area (Å²) in [6.45, 7) is 6.38. The van der Waals surface area contributed by atoms with Crippen molar-refractivity contribution in [2.45, 2.75) is 31.7 Å². The molecule has 1 atom stereocenters. The quantitative estimate of drug-likeness (QED) is 0.793. The highest BCUT2D eigenvalue weighted by Gasteiger charge is 2.17. The Hall–Kier alpha value is -1.26. The van der Waals surface area contributed by atoms with Crippen molar-refractivity contribution in [3.8, 4) is 5.75 Å². The van der Waals surface area contributed by atoms with Gasteiger partial charge in [0.25, 0.3) is 0 Å². The Bertz CT molecular complexity index is 617. The largest absolute Gasteiger partial charge is 0.497 e. The van der Waals surface area contributed by atoms with Crippen LogP contribution in [-0.2, 0) is 6.54 Å². The molecule has 4 nitrogen and oxygen atoms in total. The summed E-state index contributed by atoms with van der Waals surface area (Å²) in [7, 11) is 1.69. The van der Waals surface area contributed by atoms with E-state index in [1.54, 1.807) is 7.11 Å². The molecular weight excluding hydrogens is 286 g/mol.